The van der Waals surface area contributed by atoms with Crippen LogP contribution in [0.3, 0.4) is 0 Å². The second-order valence-corrected chi connectivity index (χ2v) is 2.42. The van der Waals surface area contributed by atoms with Gasteiger partial charge >= 0.3 is 0 Å². The van der Waals surface area contributed by atoms with E-state index >= 15 is 0 Å². The largest absolute Gasteiger partial charge is 0.378 e. The van der Waals surface area contributed by atoms with Gasteiger partial charge in [-0.15, -0.1) is 0 Å². The van der Waals surface area contributed by atoms with Gasteiger partial charge in [-0.05, 0) is 12.1 Å². The molecule has 0 bridgehead atoms. The van der Waals surface area contributed by atoms with E-state index in [-0.39, 0.29) is 5.69 Å². The van der Waals surface area contributed by atoms with Gasteiger partial charge < -0.3 is 4.74 Å². The highest BCUT2D eigenvalue weighted by molar-refractivity contribution is 5.91. The van der Waals surface area contributed by atoms with Crippen LogP contribution in [-0.4, -0.2) is 18.0 Å². The molecular formula is C8H11N3O2. The summed E-state index contributed by atoms with van der Waals surface area (Å²) in [6.45, 7) is 0.381. The third-order valence-corrected chi connectivity index (χ3v) is 1.46. The third-order valence-electron chi connectivity index (χ3n) is 1.46. The summed E-state index contributed by atoms with van der Waals surface area (Å²) in [6, 6.07) is 5.09. The summed E-state index contributed by atoms with van der Waals surface area (Å²) < 4.78 is 4.87. The average Bonchev–Trinajstić information content (AvgIpc) is 2.18. The molecule has 0 fully saturated rings. The maximum atomic E-state index is 11.0. The highest BCUT2D eigenvalue weighted by atomic mass is 16.5. The maximum Gasteiger partial charge on any atom is 0.283 e. The molecule has 0 aliphatic carbocycles. The van der Waals surface area contributed by atoms with Gasteiger partial charge in [0.2, 0.25) is 0 Å². The van der Waals surface area contributed by atoms with Gasteiger partial charge in [0.05, 0.1) is 12.3 Å². The summed E-state index contributed by atoms with van der Waals surface area (Å²) in [5.74, 6) is 4.55. The number of nitrogens with one attached hydrogen (secondary N) is 1. The maximum absolute atomic E-state index is 11.0. The molecule has 3 N–H and O–H groups in total. The molecule has 0 saturated heterocycles. The predicted octanol–water partition coefficient (Wildman–Crippen LogP) is -0.168. The Morgan fingerprint density at radius 1 is 1.69 bits per heavy atom. The number of carbonyl (C=O) groups excluding carboxylic acids is 1. The van der Waals surface area contributed by atoms with Crippen molar-refractivity contribution in [3.05, 3.63) is 29.6 Å². The van der Waals surface area contributed by atoms with E-state index < -0.39 is 5.91 Å². The number of hydrazine groups is 1. The highest BCUT2D eigenvalue weighted by Gasteiger charge is 2.04. The van der Waals surface area contributed by atoms with Gasteiger partial charge in [-0.1, -0.05) is 6.07 Å². The first-order valence-electron chi connectivity index (χ1n) is 3.73. The van der Waals surface area contributed by atoms with Crippen LogP contribution in [0.5, 0.6) is 0 Å². The Kier molecular flexibility index (Phi) is 3.36. The van der Waals surface area contributed by atoms with Crippen LogP contribution < -0.4 is 11.3 Å². The van der Waals surface area contributed by atoms with E-state index in [0.29, 0.717) is 12.3 Å². The zero-order valence-electron chi connectivity index (χ0n) is 7.28. The molecule has 0 unspecified atom stereocenters. The van der Waals surface area contributed by atoms with Crippen LogP contribution >= 0.6 is 0 Å². The lowest BCUT2D eigenvalue weighted by molar-refractivity contribution is 0.0947. The molecule has 1 aromatic heterocycles. The summed E-state index contributed by atoms with van der Waals surface area (Å²) in [4.78, 5) is 15.0. The number of carbonyl (C=O) groups is 1. The van der Waals surface area contributed by atoms with Crippen molar-refractivity contribution in [2.75, 3.05) is 7.11 Å². The van der Waals surface area contributed by atoms with Crippen molar-refractivity contribution in [1.82, 2.24) is 10.4 Å². The number of pyridine rings is 1. The molecule has 1 aromatic rings. The summed E-state index contributed by atoms with van der Waals surface area (Å²) in [7, 11) is 1.57. The number of nitrogens with two attached hydrogens (primary N) is 1. The fraction of sp³-hybridized carbons (Fsp3) is 0.250. The monoisotopic (exact) mass is 181 g/mol. The highest BCUT2D eigenvalue weighted by Crippen LogP contribution is 2.00. The molecule has 13 heavy (non-hydrogen) atoms. The summed E-state index contributed by atoms with van der Waals surface area (Å²) >= 11 is 0. The minimum absolute atomic E-state index is 0.289. The summed E-state index contributed by atoms with van der Waals surface area (Å²) in [6.07, 6.45) is 0. The number of aromatic nitrogens is 1. The Morgan fingerprint density at radius 3 is 3.08 bits per heavy atom. The van der Waals surface area contributed by atoms with Crippen molar-refractivity contribution in [3.8, 4) is 0 Å². The Balaban J connectivity index is 2.85. The molecule has 0 atom stereocenters. The smallest absolute Gasteiger partial charge is 0.283 e. The molecule has 0 radical (unpaired) electrons. The first-order chi connectivity index (χ1) is 6.27. The van der Waals surface area contributed by atoms with Crippen molar-refractivity contribution in [1.29, 1.82) is 0 Å². The van der Waals surface area contributed by atoms with Crippen molar-refractivity contribution < 1.29 is 9.53 Å². The van der Waals surface area contributed by atoms with Gasteiger partial charge in [0, 0.05) is 7.11 Å². The van der Waals surface area contributed by atoms with Gasteiger partial charge in [0.15, 0.2) is 0 Å². The van der Waals surface area contributed by atoms with Gasteiger partial charge in [-0.3, -0.25) is 10.2 Å². The minimum Gasteiger partial charge on any atom is -0.378 e. The predicted molar refractivity (Wildman–Crippen MR) is 46.6 cm³/mol. The molecule has 0 spiro atoms. The zero-order valence-corrected chi connectivity index (χ0v) is 7.28. The molecule has 1 amide bonds. The van der Waals surface area contributed by atoms with Crippen LogP contribution in [0.4, 0.5) is 0 Å². The lowest BCUT2D eigenvalue weighted by atomic mass is 10.3. The Morgan fingerprint density at radius 2 is 2.46 bits per heavy atom. The molecule has 5 heteroatoms. The van der Waals surface area contributed by atoms with Gasteiger partial charge in [0.1, 0.15) is 5.69 Å². The van der Waals surface area contributed by atoms with E-state index in [1.807, 2.05) is 5.43 Å². The lowest BCUT2D eigenvalue weighted by Gasteiger charge is -2.01. The van der Waals surface area contributed by atoms with Crippen LogP contribution in [0.1, 0.15) is 16.2 Å². The molecular weight excluding hydrogens is 170 g/mol. The van der Waals surface area contributed by atoms with Crippen LogP contribution in [0.25, 0.3) is 0 Å². The van der Waals surface area contributed by atoms with Crippen LogP contribution in [0.2, 0.25) is 0 Å². The second-order valence-electron chi connectivity index (χ2n) is 2.42. The topological polar surface area (TPSA) is 77.2 Å². The lowest BCUT2D eigenvalue weighted by Crippen LogP contribution is -2.30. The number of nitrogens with zero attached hydrogens (tertiary/aromatic N) is 1. The molecule has 70 valence electrons. The van der Waals surface area contributed by atoms with Gasteiger partial charge in [-0.25, -0.2) is 10.8 Å². The van der Waals surface area contributed by atoms with Crippen molar-refractivity contribution in [2.24, 2.45) is 5.84 Å². The first kappa shape index (κ1) is 9.63. The Hall–Kier alpha value is -1.46. The molecule has 5 nitrogen and oxygen atoms in total. The van der Waals surface area contributed by atoms with E-state index in [0.717, 1.165) is 0 Å². The number of rotatable bonds is 3. The van der Waals surface area contributed by atoms with Gasteiger partial charge in [-0.2, -0.15) is 0 Å². The average molecular weight is 181 g/mol. The third kappa shape index (κ3) is 2.50. The molecule has 1 heterocycles. The first-order valence-corrected chi connectivity index (χ1v) is 3.73. The Bertz CT molecular complexity index is 301. The number of ether oxygens (including phenoxy) is 1. The van der Waals surface area contributed by atoms with E-state index in [4.69, 9.17) is 10.6 Å². The minimum atomic E-state index is -0.405. The van der Waals surface area contributed by atoms with E-state index in [9.17, 15) is 4.79 Å². The van der Waals surface area contributed by atoms with Crippen molar-refractivity contribution >= 4 is 5.91 Å². The second kappa shape index (κ2) is 4.54. The number of nitrogen functional groups attached to an aromatic ring is 1. The molecule has 0 aromatic carbocycles. The van der Waals surface area contributed by atoms with Crippen LogP contribution in [0.15, 0.2) is 18.2 Å². The standard InChI is InChI=1S/C8H11N3O2/c1-13-5-6-3-2-4-7(10-6)8(12)11-9/h2-4H,5,9H2,1H3,(H,11,12). The summed E-state index contributed by atoms with van der Waals surface area (Å²) in [5.41, 5.74) is 3.00. The van der Waals surface area contributed by atoms with E-state index in [1.165, 1.54) is 0 Å². The van der Waals surface area contributed by atoms with Crippen molar-refractivity contribution in [3.63, 3.8) is 0 Å². The summed E-state index contributed by atoms with van der Waals surface area (Å²) in [5, 5.41) is 0. The van der Waals surface area contributed by atoms with Crippen molar-refractivity contribution in [2.45, 2.75) is 6.61 Å². The fourth-order valence-corrected chi connectivity index (χ4v) is 0.908. The number of methoxy groups -OCH3 is 1. The van der Waals surface area contributed by atoms with E-state index in [1.54, 1.807) is 25.3 Å². The molecule has 0 saturated carbocycles. The van der Waals surface area contributed by atoms with Crippen LogP contribution in [-0.2, 0) is 11.3 Å². The normalized spacial score (nSPS) is 9.69. The Labute approximate surface area is 75.9 Å². The molecule has 1 rings (SSSR count). The number of hydrogen-bond donors (Lipinski definition) is 2. The molecule has 0 aliphatic rings. The molecule has 0 aliphatic heterocycles. The van der Waals surface area contributed by atoms with E-state index in [2.05, 4.69) is 4.98 Å². The zero-order chi connectivity index (χ0) is 9.68. The number of hydrogen-bond acceptors (Lipinski definition) is 4. The fourth-order valence-electron chi connectivity index (χ4n) is 0.908. The van der Waals surface area contributed by atoms with Crippen LogP contribution in [0, 0.1) is 0 Å². The quantitative estimate of drug-likeness (QED) is 0.385. The number of amides is 1. The van der Waals surface area contributed by atoms with Gasteiger partial charge in [0.25, 0.3) is 5.91 Å². The SMILES string of the molecule is COCc1cccc(C(=O)NN)n1.